The molecule has 0 bridgehead atoms. The molecule has 5 rings (SSSR count). The maximum absolute atomic E-state index is 13.9. The fourth-order valence-corrected chi connectivity index (χ4v) is 4.77. The lowest BCUT2D eigenvalue weighted by Gasteiger charge is -2.36. The van der Waals surface area contributed by atoms with Gasteiger partial charge in [0.1, 0.15) is 11.6 Å². The van der Waals surface area contributed by atoms with Gasteiger partial charge in [-0.25, -0.2) is 9.07 Å². The van der Waals surface area contributed by atoms with Gasteiger partial charge >= 0.3 is 0 Å². The molecule has 7 heteroatoms. The molecule has 1 N–H and O–H groups in total. The van der Waals surface area contributed by atoms with E-state index >= 15 is 0 Å². The van der Waals surface area contributed by atoms with Gasteiger partial charge in [-0.1, -0.05) is 66.4 Å². The minimum absolute atomic E-state index is 0.213. The molecule has 2 atom stereocenters. The maximum Gasteiger partial charge on any atom is 0.227 e. The molecule has 0 fully saturated rings. The number of hydrogen-bond acceptors (Lipinski definition) is 5. The number of rotatable bonds is 4. The van der Waals surface area contributed by atoms with Crippen LogP contribution in [0.3, 0.4) is 0 Å². The highest BCUT2D eigenvalue weighted by Gasteiger charge is 2.41. The smallest absolute Gasteiger partial charge is 0.227 e. The number of nitrogens with zero attached hydrogens (tertiary/aromatic N) is 3. The lowest BCUT2D eigenvalue weighted by molar-refractivity contribution is -0.123. The molecule has 2 aliphatic rings. The fraction of sp³-hybridized carbons (Fsp3) is 0.227. The molecule has 1 aliphatic heterocycles. The molecule has 0 spiro atoms. The van der Waals surface area contributed by atoms with Crippen molar-refractivity contribution in [2.24, 2.45) is 5.92 Å². The van der Waals surface area contributed by atoms with Crippen LogP contribution in [0.25, 0.3) is 0 Å². The monoisotopic (exact) mass is 406 g/mol. The highest BCUT2D eigenvalue weighted by molar-refractivity contribution is 7.98. The van der Waals surface area contributed by atoms with Gasteiger partial charge in [0.05, 0.1) is 12.0 Å². The summed E-state index contributed by atoms with van der Waals surface area (Å²) < 4.78 is 15.7. The average molecular weight is 406 g/mol. The van der Waals surface area contributed by atoms with E-state index in [9.17, 15) is 9.18 Å². The molecule has 29 heavy (non-hydrogen) atoms. The number of benzene rings is 2. The van der Waals surface area contributed by atoms with Crippen LogP contribution in [0.4, 0.5) is 10.3 Å². The van der Waals surface area contributed by atoms with E-state index in [0.717, 1.165) is 17.7 Å². The Morgan fingerprint density at radius 2 is 1.93 bits per heavy atom. The van der Waals surface area contributed by atoms with Crippen molar-refractivity contribution in [1.29, 1.82) is 0 Å². The van der Waals surface area contributed by atoms with Gasteiger partial charge in [0.2, 0.25) is 11.1 Å². The summed E-state index contributed by atoms with van der Waals surface area (Å²) in [7, 11) is 0. The number of carbonyl (C=O) groups excluding carboxylic acids is 1. The van der Waals surface area contributed by atoms with Gasteiger partial charge in [-0.05, 0) is 23.6 Å². The second-order valence-corrected chi connectivity index (χ2v) is 8.11. The van der Waals surface area contributed by atoms with E-state index in [-0.39, 0.29) is 23.6 Å². The third-order valence-corrected chi connectivity index (χ3v) is 6.23. The number of thioether (sulfide) groups is 1. The molecule has 146 valence electrons. The topological polar surface area (TPSA) is 59.8 Å². The van der Waals surface area contributed by atoms with Crippen molar-refractivity contribution in [1.82, 2.24) is 14.8 Å². The molecule has 2 heterocycles. The molecule has 0 saturated heterocycles. The lowest BCUT2D eigenvalue weighted by atomic mass is 9.81. The first-order valence-corrected chi connectivity index (χ1v) is 10.6. The third kappa shape index (κ3) is 3.35. The Morgan fingerprint density at radius 1 is 1.14 bits per heavy atom. The summed E-state index contributed by atoms with van der Waals surface area (Å²) in [5, 5.41) is 8.54. The number of hydrogen-bond donors (Lipinski definition) is 1. The quantitative estimate of drug-likeness (QED) is 0.643. The molecule has 3 aromatic rings. The normalized spacial score (nSPS) is 20.4. The summed E-state index contributed by atoms with van der Waals surface area (Å²) in [6, 6.07) is 16.4. The van der Waals surface area contributed by atoms with Crippen LogP contribution in [-0.2, 0) is 10.5 Å². The van der Waals surface area contributed by atoms with Crippen molar-refractivity contribution >= 4 is 23.5 Å². The zero-order valence-electron chi connectivity index (χ0n) is 15.6. The SMILES string of the molecule is O=C1CCC=C2Nc3nc(SCc4ccccc4F)nn3C(c3ccccc3)C12. The number of halogens is 1. The summed E-state index contributed by atoms with van der Waals surface area (Å²) in [6.45, 7) is 0. The second-order valence-electron chi connectivity index (χ2n) is 7.17. The Bertz CT molecular complexity index is 1100. The molecule has 0 saturated carbocycles. The number of fused-ring (bicyclic) bond motifs is 2. The van der Waals surface area contributed by atoms with Crippen molar-refractivity contribution in [2.45, 2.75) is 29.8 Å². The summed E-state index contributed by atoms with van der Waals surface area (Å²) in [5.41, 5.74) is 2.54. The maximum atomic E-state index is 13.9. The molecule has 1 aliphatic carbocycles. The number of Topliss-reactive ketones (excluding diaryl/α,β-unsaturated/α-hetero) is 1. The van der Waals surface area contributed by atoms with Crippen LogP contribution in [-0.4, -0.2) is 20.5 Å². The van der Waals surface area contributed by atoms with E-state index in [1.54, 1.807) is 12.1 Å². The van der Waals surface area contributed by atoms with Crippen LogP contribution in [0, 0.1) is 11.7 Å². The molecule has 0 radical (unpaired) electrons. The van der Waals surface area contributed by atoms with Crippen LogP contribution in [0.5, 0.6) is 0 Å². The molecule has 0 amide bonds. The first-order valence-electron chi connectivity index (χ1n) is 9.58. The van der Waals surface area contributed by atoms with Crippen LogP contribution < -0.4 is 5.32 Å². The predicted molar refractivity (Wildman–Crippen MR) is 110 cm³/mol. The van der Waals surface area contributed by atoms with Crippen molar-refractivity contribution in [3.05, 3.63) is 83.3 Å². The summed E-state index contributed by atoms with van der Waals surface area (Å²) in [5.74, 6) is 0.755. The minimum Gasteiger partial charge on any atom is -0.328 e. The van der Waals surface area contributed by atoms with Gasteiger partial charge in [-0.15, -0.1) is 5.10 Å². The van der Waals surface area contributed by atoms with Gasteiger partial charge in [0.25, 0.3) is 0 Å². The van der Waals surface area contributed by atoms with E-state index in [1.165, 1.54) is 17.8 Å². The first-order chi connectivity index (χ1) is 14.2. The summed E-state index contributed by atoms with van der Waals surface area (Å²) in [4.78, 5) is 17.4. The molecule has 1 aromatic heterocycles. The van der Waals surface area contributed by atoms with E-state index < -0.39 is 0 Å². The molecular weight excluding hydrogens is 387 g/mol. The summed E-state index contributed by atoms with van der Waals surface area (Å²) in [6.07, 6.45) is 3.37. The predicted octanol–water partition coefficient (Wildman–Crippen LogP) is 4.59. The van der Waals surface area contributed by atoms with E-state index in [4.69, 9.17) is 0 Å². The molecule has 2 unspecified atom stereocenters. The van der Waals surface area contributed by atoms with Gasteiger partial charge in [0, 0.05) is 17.9 Å². The van der Waals surface area contributed by atoms with Crippen LogP contribution in [0.2, 0.25) is 0 Å². The van der Waals surface area contributed by atoms with E-state index in [1.807, 2.05) is 41.1 Å². The Hall–Kier alpha value is -2.93. The molecular formula is C22H19FN4OS. The van der Waals surface area contributed by atoms with Crippen molar-refractivity contribution < 1.29 is 9.18 Å². The highest BCUT2D eigenvalue weighted by atomic mass is 32.2. The highest BCUT2D eigenvalue weighted by Crippen LogP contribution is 2.42. The zero-order chi connectivity index (χ0) is 19.8. The number of ketones is 1. The molecule has 2 aromatic carbocycles. The fourth-order valence-electron chi connectivity index (χ4n) is 3.96. The lowest BCUT2D eigenvalue weighted by Crippen LogP contribution is -2.38. The average Bonchev–Trinajstić information content (AvgIpc) is 3.15. The minimum atomic E-state index is -0.287. The second kappa shape index (κ2) is 7.48. The zero-order valence-corrected chi connectivity index (χ0v) is 16.4. The van der Waals surface area contributed by atoms with Gasteiger partial charge in [-0.2, -0.15) is 4.98 Å². The van der Waals surface area contributed by atoms with E-state index in [0.29, 0.717) is 28.8 Å². The van der Waals surface area contributed by atoms with Gasteiger partial charge in [-0.3, -0.25) is 4.79 Å². The van der Waals surface area contributed by atoms with Crippen LogP contribution >= 0.6 is 11.8 Å². The Morgan fingerprint density at radius 3 is 2.76 bits per heavy atom. The third-order valence-electron chi connectivity index (χ3n) is 5.34. The van der Waals surface area contributed by atoms with Gasteiger partial charge in [0.15, 0.2) is 0 Å². The first kappa shape index (κ1) is 18.1. The number of allylic oxidation sites excluding steroid dienone is 2. The Labute approximate surface area is 172 Å². The number of aromatic nitrogens is 3. The van der Waals surface area contributed by atoms with Crippen molar-refractivity contribution in [3.8, 4) is 0 Å². The van der Waals surface area contributed by atoms with Crippen molar-refractivity contribution in [2.75, 3.05) is 5.32 Å². The standard InChI is InChI=1S/C22H19FN4OS/c23-16-10-5-4-9-15(16)13-29-22-25-21-24-17-11-6-12-18(28)19(17)20(27(21)26-22)14-7-2-1-3-8-14/h1-5,7-11,19-20H,6,12-13H2,(H,24,25,26). The van der Waals surface area contributed by atoms with Crippen molar-refractivity contribution in [3.63, 3.8) is 0 Å². The van der Waals surface area contributed by atoms with Gasteiger partial charge < -0.3 is 5.32 Å². The number of anilines is 1. The number of carbonyl (C=O) groups is 1. The Kier molecular flexibility index (Phi) is 4.67. The Balaban J connectivity index is 1.51. The van der Waals surface area contributed by atoms with Crippen LogP contribution in [0.1, 0.15) is 30.0 Å². The molecule has 5 nitrogen and oxygen atoms in total. The van der Waals surface area contributed by atoms with E-state index in [2.05, 4.69) is 21.5 Å². The largest absolute Gasteiger partial charge is 0.328 e. The number of nitrogens with one attached hydrogen (secondary N) is 1. The van der Waals surface area contributed by atoms with Crippen LogP contribution in [0.15, 0.2) is 71.5 Å². The summed E-state index contributed by atoms with van der Waals surface area (Å²) >= 11 is 1.39.